The van der Waals surface area contributed by atoms with Crippen LogP contribution in [0.25, 0.3) is 0 Å². The summed E-state index contributed by atoms with van der Waals surface area (Å²) in [5, 5.41) is 2.66. The number of aryl methyl sites for hydroxylation is 1. The van der Waals surface area contributed by atoms with Crippen molar-refractivity contribution in [1.82, 2.24) is 9.03 Å². The third kappa shape index (κ3) is 6.38. The Labute approximate surface area is 190 Å². The smallest absolute Gasteiger partial charge is 0.243 e. The van der Waals surface area contributed by atoms with Gasteiger partial charge >= 0.3 is 0 Å². The lowest BCUT2D eigenvalue weighted by Gasteiger charge is -2.20. The van der Waals surface area contributed by atoms with E-state index in [0.717, 1.165) is 31.2 Å². The molecule has 0 aromatic heterocycles. The van der Waals surface area contributed by atoms with E-state index in [1.807, 2.05) is 6.92 Å². The van der Waals surface area contributed by atoms with Crippen LogP contribution in [0.2, 0.25) is 0 Å². The van der Waals surface area contributed by atoms with Crippen LogP contribution in [-0.4, -0.2) is 46.7 Å². The standard InChI is InChI=1S/C22H29N3O5S2/c1-18-6-10-20(11-7-18)31(27,28)23-15-14-22(26)24-19-8-12-21(13-9-19)32(29,30)25-16-4-2-3-5-17-25/h6-13,23H,2-5,14-17H2,1H3,(H,24,26). The van der Waals surface area contributed by atoms with E-state index in [4.69, 9.17) is 0 Å². The molecule has 0 radical (unpaired) electrons. The summed E-state index contributed by atoms with van der Waals surface area (Å²) in [6.07, 6.45) is 3.75. The van der Waals surface area contributed by atoms with Crippen LogP contribution in [0.15, 0.2) is 58.3 Å². The molecular weight excluding hydrogens is 450 g/mol. The second kappa shape index (κ2) is 10.6. The van der Waals surface area contributed by atoms with E-state index in [2.05, 4.69) is 10.0 Å². The summed E-state index contributed by atoms with van der Waals surface area (Å²) < 4.78 is 54.1. The molecule has 0 aliphatic carbocycles. The van der Waals surface area contributed by atoms with Gasteiger partial charge in [0, 0.05) is 31.7 Å². The Morgan fingerprint density at radius 2 is 1.41 bits per heavy atom. The number of rotatable bonds is 8. The van der Waals surface area contributed by atoms with Crippen LogP contribution in [0.5, 0.6) is 0 Å². The Morgan fingerprint density at radius 3 is 2.00 bits per heavy atom. The topological polar surface area (TPSA) is 113 Å². The molecule has 0 unspecified atom stereocenters. The van der Waals surface area contributed by atoms with Gasteiger partial charge in [0.15, 0.2) is 0 Å². The molecule has 1 amide bonds. The first-order valence-electron chi connectivity index (χ1n) is 10.6. The van der Waals surface area contributed by atoms with E-state index in [-0.39, 0.29) is 28.7 Å². The van der Waals surface area contributed by atoms with Crippen LogP contribution in [-0.2, 0) is 24.8 Å². The zero-order chi connectivity index (χ0) is 23.2. The maximum Gasteiger partial charge on any atom is 0.243 e. The summed E-state index contributed by atoms with van der Waals surface area (Å²) >= 11 is 0. The molecule has 0 spiro atoms. The van der Waals surface area contributed by atoms with Crippen LogP contribution in [0.4, 0.5) is 5.69 Å². The molecule has 1 fully saturated rings. The Morgan fingerprint density at radius 1 is 0.844 bits per heavy atom. The van der Waals surface area contributed by atoms with Crippen molar-refractivity contribution >= 4 is 31.6 Å². The normalized spacial score (nSPS) is 15.8. The molecule has 174 valence electrons. The highest BCUT2D eigenvalue weighted by Gasteiger charge is 2.25. The first-order valence-corrected chi connectivity index (χ1v) is 13.6. The summed E-state index contributed by atoms with van der Waals surface area (Å²) in [7, 11) is -7.23. The van der Waals surface area contributed by atoms with Crippen LogP contribution >= 0.6 is 0 Å². The fourth-order valence-electron chi connectivity index (χ4n) is 3.46. The van der Waals surface area contributed by atoms with Gasteiger partial charge in [0.2, 0.25) is 26.0 Å². The quantitative estimate of drug-likeness (QED) is 0.605. The molecule has 32 heavy (non-hydrogen) atoms. The van der Waals surface area contributed by atoms with Crippen LogP contribution in [0, 0.1) is 6.92 Å². The largest absolute Gasteiger partial charge is 0.326 e. The number of nitrogens with one attached hydrogen (secondary N) is 2. The van der Waals surface area contributed by atoms with E-state index < -0.39 is 20.0 Å². The zero-order valence-corrected chi connectivity index (χ0v) is 19.7. The minimum absolute atomic E-state index is 0.0521. The molecule has 0 atom stereocenters. The number of carbonyl (C=O) groups excluding carboxylic acids is 1. The third-order valence-corrected chi connectivity index (χ3v) is 8.71. The van der Waals surface area contributed by atoms with Gasteiger partial charge in [-0.15, -0.1) is 0 Å². The maximum atomic E-state index is 12.8. The Kier molecular flexibility index (Phi) is 8.05. The summed E-state index contributed by atoms with van der Waals surface area (Å²) in [5.74, 6) is -0.375. The first-order chi connectivity index (χ1) is 15.2. The van der Waals surface area contributed by atoms with E-state index >= 15 is 0 Å². The van der Waals surface area contributed by atoms with Crippen molar-refractivity contribution in [1.29, 1.82) is 0 Å². The number of amides is 1. The molecule has 1 aliphatic rings. The Bertz CT molecular complexity index is 1120. The lowest BCUT2D eigenvalue weighted by Crippen LogP contribution is -2.31. The third-order valence-electron chi connectivity index (χ3n) is 5.32. The number of hydrogen-bond donors (Lipinski definition) is 2. The molecule has 0 saturated carbocycles. The number of nitrogens with zero attached hydrogens (tertiary/aromatic N) is 1. The van der Waals surface area contributed by atoms with Crippen molar-refractivity contribution in [2.45, 2.75) is 48.8 Å². The molecule has 3 rings (SSSR count). The lowest BCUT2D eigenvalue weighted by molar-refractivity contribution is -0.116. The van der Waals surface area contributed by atoms with Crippen molar-refractivity contribution < 1.29 is 21.6 Å². The number of sulfonamides is 2. The lowest BCUT2D eigenvalue weighted by atomic mass is 10.2. The second-order valence-electron chi connectivity index (χ2n) is 7.85. The van der Waals surface area contributed by atoms with E-state index in [0.29, 0.717) is 18.8 Å². The predicted octanol–water partition coefficient (Wildman–Crippen LogP) is 2.87. The monoisotopic (exact) mass is 479 g/mol. The van der Waals surface area contributed by atoms with E-state index in [1.54, 1.807) is 24.3 Å². The van der Waals surface area contributed by atoms with Crippen LogP contribution < -0.4 is 10.0 Å². The van der Waals surface area contributed by atoms with Crippen LogP contribution in [0.3, 0.4) is 0 Å². The minimum atomic E-state index is -3.68. The van der Waals surface area contributed by atoms with Crippen molar-refractivity contribution in [3.05, 3.63) is 54.1 Å². The number of carbonyl (C=O) groups is 1. The van der Waals surface area contributed by atoms with Gasteiger partial charge in [0.05, 0.1) is 9.79 Å². The van der Waals surface area contributed by atoms with E-state index in [9.17, 15) is 21.6 Å². The zero-order valence-electron chi connectivity index (χ0n) is 18.1. The molecule has 8 nitrogen and oxygen atoms in total. The fraction of sp³-hybridized carbons (Fsp3) is 0.409. The number of anilines is 1. The summed E-state index contributed by atoms with van der Waals surface area (Å²) in [4.78, 5) is 12.5. The molecule has 10 heteroatoms. The molecule has 2 N–H and O–H groups in total. The molecule has 0 bridgehead atoms. The average Bonchev–Trinajstić information content (AvgIpc) is 3.04. The maximum absolute atomic E-state index is 12.8. The van der Waals surface area contributed by atoms with Gasteiger partial charge in [-0.05, 0) is 56.2 Å². The van der Waals surface area contributed by atoms with Gasteiger partial charge < -0.3 is 5.32 Å². The number of hydrogen-bond acceptors (Lipinski definition) is 5. The number of benzene rings is 2. The highest BCUT2D eigenvalue weighted by molar-refractivity contribution is 7.89. The van der Waals surface area contributed by atoms with Gasteiger partial charge in [0.25, 0.3) is 0 Å². The molecule has 2 aromatic carbocycles. The van der Waals surface area contributed by atoms with Gasteiger partial charge in [-0.3, -0.25) is 4.79 Å². The highest BCUT2D eigenvalue weighted by atomic mass is 32.2. The average molecular weight is 480 g/mol. The molecule has 2 aromatic rings. The van der Waals surface area contributed by atoms with Gasteiger partial charge in [0.1, 0.15) is 0 Å². The van der Waals surface area contributed by atoms with Gasteiger partial charge in [-0.2, -0.15) is 4.31 Å². The molecule has 1 heterocycles. The summed E-state index contributed by atoms with van der Waals surface area (Å²) in [5.41, 5.74) is 1.40. The minimum Gasteiger partial charge on any atom is -0.326 e. The second-order valence-corrected chi connectivity index (χ2v) is 11.6. The van der Waals surface area contributed by atoms with Crippen LogP contribution in [0.1, 0.15) is 37.7 Å². The molecular formula is C22H29N3O5S2. The van der Waals surface area contributed by atoms with E-state index in [1.165, 1.54) is 28.6 Å². The van der Waals surface area contributed by atoms with Crippen molar-refractivity contribution in [3.8, 4) is 0 Å². The summed E-state index contributed by atoms with van der Waals surface area (Å²) in [6, 6.07) is 12.5. The van der Waals surface area contributed by atoms with Crippen molar-refractivity contribution in [2.75, 3.05) is 25.0 Å². The molecule has 1 saturated heterocycles. The highest BCUT2D eigenvalue weighted by Crippen LogP contribution is 2.22. The van der Waals surface area contributed by atoms with Gasteiger partial charge in [-0.25, -0.2) is 21.6 Å². The SMILES string of the molecule is Cc1ccc(S(=O)(=O)NCCC(=O)Nc2ccc(S(=O)(=O)N3CCCCCC3)cc2)cc1. The first kappa shape index (κ1) is 24.4. The Hall–Kier alpha value is -2.27. The Balaban J connectivity index is 1.52. The van der Waals surface area contributed by atoms with Crippen molar-refractivity contribution in [2.24, 2.45) is 0 Å². The molecule has 1 aliphatic heterocycles. The predicted molar refractivity (Wildman–Crippen MR) is 123 cm³/mol. The summed E-state index contributed by atoms with van der Waals surface area (Å²) in [6.45, 7) is 2.87. The fourth-order valence-corrected chi connectivity index (χ4v) is 6.01. The van der Waals surface area contributed by atoms with Crippen molar-refractivity contribution in [3.63, 3.8) is 0 Å². The van der Waals surface area contributed by atoms with Gasteiger partial charge in [-0.1, -0.05) is 30.5 Å².